The second kappa shape index (κ2) is 8.83. The van der Waals surface area contributed by atoms with Gasteiger partial charge in [0.15, 0.2) is 5.82 Å². The molecule has 0 unspecified atom stereocenters. The summed E-state index contributed by atoms with van der Waals surface area (Å²) >= 11 is 0. The summed E-state index contributed by atoms with van der Waals surface area (Å²) in [6.07, 6.45) is 1.77. The Morgan fingerprint density at radius 3 is 2.61 bits per heavy atom. The molecule has 0 spiro atoms. The summed E-state index contributed by atoms with van der Waals surface area (Å²) < 4.78 is 5.48. The Bertz CT molecular complexity index is 1280. The van der Waals surface area contributed by atoms with Crippen molar-refractivity contribution < 1.29 is 9.53 Å². The molecule has 1 saturated heterocycles. The lowest BCUT2D eigenvalue weighted by atomic mass is 10.1. The molecule has 168 valence electrons. The number of aromatic amines is 1. The van der Waals surface area contributed by atoms with E-state index in [1.165, 1.54) is 0 Å². The van der Waals surface area contributed by atoms with Crippen LogP contribution in [0.5, 0.6) is 0 Å². The van der Waals surface area contributed by atoms with E-state index in [0.29, 0.717) is 49.6 Å². The normalized spacial score (nSPS) is 13.8. The number of hydrogen-bond donors (Lipinski definition) is 2. The summed E-state index contributed by atoms with van der Waals surface area (Å²) in [4.78, 5) is 30.0. The molecule has 0 saturated carbocycles. The molecule has 10 nitrogen and oxygen atoms in total. The molecular weight excluding hydrogens is 420 g/mol. The number of hydrogen-bond acceptors (Lipinski definition) is 8. The fourth-order valence-corrected chi connectivity index (χ4v) is 3.69. The van der Waals surface area contributed by atoms with E-state index in [4.69, 9.17) is 14.7 Å². The third kappa shape index (κ3) is 4.33. The maximum Gasteiger partial charge on any atom is 0.253 e. The Morgan fingerprint density at radius 1 is 1.06 bits per heavy atom. The second-order valence-electron chi connectivity index (χ2n) is 7.92. The summed E-state index contributed by atoms with van der Waals surface area (Å²) in [7, 11) is 3.46. The van der Waals surface area contributed by atoms with Crippen LogP contribution in [0, 0.1) is 0 Å². The van der Waals surface area contributed by atoms with Crippen molar-refractivity contribution in [2.45, 2.75) is 0 Å². The van der Waals surface area contributed by atoms with Gasteiger partial charge in [0.25, 0.3) is 5.91 Å². The number of carbonyl (C=O) groups excluding carboxylic acids is 1. The molecule has 1 aliphatic rings. The number of ether oxygens (including phenoxy) is 1. The summed E-state index contributed by atoms with van der Waals surface area (Å²) in [5.74, 6) is 1.52. The van der Waals surface area contributed by atoms with E-state index >= 15 is 0 Å². The summed E-state index contributed by atoms with van der Waals surface area (Å²) in [6.45, 7) is 2.67. The Kier molecular flexibility index (Phi) is 5.57. The van der Waals surface area contributed by atoms with Gasteiger partial charge in [0.2, 0.25) is 11.9 Å². The molecule has 1 fully saturated rings. The first kappa shape index (κ1) is 20.8. The fourth-order valence-electron chi connectivity index (χ4n) is 3.69. The molecule has 33 heavy (non-hydrogen) atoms. The first-order chi connectivity index (χ1) is 16.1. The van der Waals surface area contributed by atoms with Gasteiger partial charge < -0.3 is 19.9 Å². The largest absolute Gasteiger partial charge is 0.378 e. The lowest BCUT2D eigenvalue weighted by molar-refractivity contribution is 0.0827. The zero-order valence-electron chi connectivity index (χ0n) is 18.4. The van der Waals surface area contributed by atoms with Gasteiger partial charge in [0.1, 0.15) is 0 Å². The predicted octanol–water partition coefficient (Wildman–Crippen LogP) is 2.70. The van der Waals surface area contributed by atoms with Crippen LogP contribution in [0.15, 0.2) is 48.7 Å². The van der Waals surface area contributed by atoms with Crippen molar-refractivity contribution in [2.24, 2.45) is 0 Å². The predicted molar refractivity (Wildman–Crippen MR) is 126 cm³/mol. The van der Waals surface area contributed by atoms with Crippen LogP contribution in [0.3, 0.4) is 0 Å². The molecule has 2 aromatic heterocycles. The first-order valence-electron chi connectivity index (χ1n) is 10.7. The quantitative estimate of drug-likeness (QED) is 0.483. The Hall–Kier alpha value is -4.05. The van der Waals surface area contributed by atoms with Crippen molar-refractivity contribution in [1.29, 1.82) is 0 Å². The second-order valence-corrected chi connectivity index (χ2v) is 7.92. The van der Waals surface area contributed by atoms with Crippen molar-refractivity contribution in [3.63, 3.8) is 0 Å². The maximum atomic E-state index is 12.2. The Morgan fingerprint density at radius 2 is 1.85 bits per heavy atom. The maximum absolute atomic E-state index is 12.2. The molecule has 1 amide bonds. The third-order valence-electron chi connectivity index (χ3n) is 5.44. The van der Waals surface area contributed by atoms with Gasteiger partial charge in [-0.05, 0) is 30.3 Å². The van der Waals surface area contributed by atoms with Crippen LogP contribution in [0.2, 0.25) is 0 Å². The highest BCUT2D eigenvalue weighted by Gasteiger charge is 2.19. The first-order valence-corrected chi connectivity index (χ1v) is 10.7. The highest BCUT2D eigenvalue weighted by atomic mass is 16.5. The monoisotopic (exact) mass is 444 g/mol. The molecule has 0 radical (unpaired) electrons. The highest BCUT2D eigenvalue weighted by Crippen LogP contribution is 2.28. The van der Waals surface area contributed by atoms with Crippen LogP contribution in [0.4, 0.5) is 17.6 Å². The lowest BCUT2D eigenvalue weighted by Gasteiger charge is -2.27. The van der Waals surface area contributed by atoms with Gasteiger partial charge in [-0.15, -0.1) is 0 Å². The number of morpholine rings is 1. The molecular formula is C23H24N8O2. The minimum atomic E-state index is -0.0493. The van der Waals surface area contributed by atoms with E-state index in [1.807, 2.05) is 30.3 Å². The highest BCUT2D eigenvalue weighted by molar-refractivity contribution is 5.94. The van der Waals surface area contributed by atoms with Gasteiger partial charge in [-0.3, -0.25) is 9.89 Å². The average molecular weight is 444 g/mol. The van der Waals surface area contributed by atoms with Crippen LogP contribution < -0.4 is 10.2 Å². The van der Waals surface area contributed by atoms with Crippen molar-refractivity contribution in [3.05, 3.63) is 54.2 Å². The number of H-pyrrole nitrogens is 1. The number of carbonyl (C=O) groups is 1. The summed E-state index contributed by atoms with van der Waals surface area (Å²) in [5, 5.41) is 11.3. The number of benzene rings is 2. The standard InChI is InChI=1S/C23H24N8O2/c1-30(2)21(32)15-6-8-16(9-7-15)25-22-26-20(17-4-3-5-19-18(17)14-24-29-19)27-23(28-22)31-10-12-33-13-11-31/h3-9,14H,10-13H2,1-2H3,(H,24,29)(H,25,26,27,28). The van der Waals surface area contributed by atoms with Crippen LogP contribution >= 0.6 is 0 Å². The molecule has 3 heterocycles. The van der Waals surface area contributed by atoms with Crippen molar-refractivity contribution in [2.75, 3.05) is 50.6 Å². The van der Waals surface area contributed by atoms with Gasteiger partial charge in [-0.25, -0.2) is 0 Å². The molecule has 4 aromatic rings. The number of rotatable bonds is 5. The van der Waals surface area contributed by atoms with Crippen LogP contribution in [0.25, 0.3) is 22.3 Å². The van der Waals surface area contributed by atoms with Gasteiger partial charge in [-0.1, -0.05) is 12.1 Å². The van der Waals surface area contributed by atoms with Crippen LogP contribution in [-0.2, 0) is 4.74 Å². The van der Waals surface area contributed by atoms with E-state index < -0.39 is 0 Å². The zero-order chi connectivity index (χ0) is 22.8. The smallest absolute Gasteiger partial charge is 0.253 e. The molecule has 2 N–H and O–H groups in total. The minimum absolute atomic E-state index is 0.0493. The SMILES string of the molecule is CN(C)C(=O)c1ccc(Nc2nc(-c3cccc4[nH]ncc34)nc(N3CCOCC3)n2)cc1. The van der Waals surface area contributed by atoms with Crippen molar-refractivity contribution in [1.82, 2.24) is 30.0 Å². The zero-order valence-corrected chi connectivity index (χ0v) is 18.4. The van der Waals surface area contributed by atoms with Crippen molar-refractivity contribution >= 4 is 34.4 Å². The fraction of sp³-hybridized carbons (Fsp3) is 0.261. The molecule has 10 heteroatoms. The average Bonchev–Trinajstić information content (AvgIpc) is 3.33. The van der Waals surface area contributed by atoms with E-state index in [9.17, 15) is 4.79 Å². The van der Waals surface area contributed by atoms with Gasteiger partial charge in [0.05, 0.1) is 24.9 Å². The Balaban J connectivity index is 1.52. The van der Waals surface area contributed by atoms with Crippen LogP contribution in [0.1, 0.15) is 10.4 Å². The molecule has 0 aliphatic carbocycles. The summed E-state index contributed by atoms with van der Waals surface area (Å²) in [5.41, 5.74) is 3.17. The summed E-state index contributed by atoms with van der Waals surface area (Å²) in [6, 6.07) is 13.1. The van der Waals surface area contributed by atoms with Crippen molar-refractivity contribution in [3.8, 4) is 11.4 Å². The van der Waals surface area contributed by atoms with E-state index in [-0.39, 0.29) is 5.91 Å². The number of aromatic nitrogens is 5. The molecule has 0 atom stereocenters. The molecule has 1 aliphatic heterocycles. The van der Waals surface area contributed by atoms with Gasteiger partial charge >= 0.3 is 0 Å². The topological polar surface area (TPSA) is 112 Å². The third-order valence-corrected chi connectivity index (χ3v) is 5.44. The van der Waals surface area contributed by atoms with E-state index in [2.05, 4.69) is 25.4 Å². The number of nitrogens with one attached hydrogen (secondary N) is 2. The molecule has 0 bridgehead atoms. The Labute approximate surface area is 190 Å². The molecule has 5 rings (SSSR count). The van der Waals surface area contributed by atoms with Gasteiger partial charge in [0, 0.05) is 49.4 Å². The number of nitrogens with zero attached hydrogens (tertiary/aromatic N) is 6. The lowest BCUT2D eigenvalue weighted by Crippen LogP contribution is -2.37. The number of anilines is 3. The van der Waals surface area contributed by atoms with Gasteiger partial charge in [-0.2, -0.15) is 20.1 Å². The number of fused-ring (bicyclic) bond motifs is 1. The molecule has 2 aromatic carbocycles. The minimum Gasteiger partial charge on any atom is -0.378 e. The van der Waals surface area contributed by atoms with Crippen LogP contribution in [-0.4, -0.2) is 76.4 Å². The van der Waals surface area contributed by atoms with E-state index in [0.717, 1.165) is 22.2 Å². The van der Waals surface area contributed by atoms with E-state index in [1.54, 1.807) is 37.3 Å². The number of amides is 1.